The molecule has 1 aromatic rings. The van der Waals surface area contributed by atoms with Gasteiger partial charge in [-0.2, -0.15) is 0 Å². The van der Waals surface area contributed by atoms with Gasteiger partial charge in [-0.05, 0) is 31.0 Å². The topological polar surface area (TPSA) is 86.7 Å². The van der Waals surface area contributed by atoms with Gasteiger partial charge in [-0.3, -0.25) is 4.79 Å². The average molecular weight is 333 g/mol. The van der Waals surface area contributed by atoms with Crippen molar-refractivity contribution in [2.45, 2.75) is 18.9 Å². The fourth-order valence-corrected chi connectivity index (χ4v) is 3.40. The van der Waals surface area contributed by atoms with Crippen LogP contribution in [-0.2, 0) is 10.0 Å². The Bertz CT molecular complexity index is 648. The van der Waals surface area contributed by atoms with E-state index in [1.807, 2.05) is 0 Å². The Morgan fingerprint density at radius 2 is 2.19 bits per heavy atom. The van der Waals surface area contributed by atoms with E-state index < -0.39 is 15.9 Å². The standard InChI is InChI=1S/C13H17ClN2O4S/c1-21(19,20)16-6-2-3-10(8-16)15-13(18)11-7-9(14)4-5-12(11)17/h4-5,7,10,17H,2-3,6,8H2,1H3,(H,15,18). The Labute approximate surface area is 128 Å². The second-order valence-corrected chi connectivity index (χ2v) is 7.51. The lowest BCUT2D eigenvalue weighted by molar-refractivity contribution is 0.0919. The first-order chi connectivity index (χ1) is 9.77. The van der Waals surface area contributed by atoms with Gasteiger partial charge in [0.1, 0.15) is 5.75 Å². The number of rotatable bonds is 3. The molecule has 1 heterocycles. The van der Waals surface area contributed by atoms with E-state index in [0.29, 0.717) is 24.4 Å². The second kappa shape index (κ2) is 6.21. The van der Waals surface area contributed by atoms with Crippen LogP contribution in [0.4, 0.5) is 0 Å². The summed E-state index contributed by atoms with van der Waals surface area (Å²) >= 11 is 5.81. The molecule has 8 heteroatoms. The van der Waals surface area contributed by atoms with Gasteiger partial charge in [0, 0.05) is 24.2 Å². The molecule has 0 aliphatic carbocycles. The van der Waals surface area contributed by atoms with Crippen LogP contribution in [0.1, 0.15) is 23.2 Å². The van der Waals surface area contributed by atoms with E-state index in [2.05, 4.69) is 5.32 Å². The fraction of sp³-hybridized carbons (Fsp3) is 0.462. The Kier molecular flexibility index (Phi) is 4.75. The number of phenolic OH excluding ortho intramolecular Hbond substituents is 1. The Hall–Kier alpha value is -1.31. The van der Waals surface area contributed by atoms with E-state index in [-0.39, 0.29) is 23.9 Å². The number of phenols is 1. The number of benzene rings is 1. The van der Waals surface area contributed by atoms with Crippen molar-refractivity contribution >= 4 is 27.5 Å². The minimum atomic E-state index is -3.26. The lowest BCUT2D eigenvalue weighted by Gasteiger charge is -2.31. The van der Waals surface area contributed by atoms with Crippen LogP contribution < -0.4 is 5.32 Å². The predicted molar refractivity (Wildman–Crippen MR) is 80.0 cm³/mol. The first kappa shape index (κ1) is 16.1. The van der Waals surface area contributed by atoms with Crippen molar-refractivity contribution in [3.05, 3.63) is 28.8 Å². The maximum atomic E-state index is 12.1. The molecular formula is C13H17ClN2O4S. The van der Waals surface area contributed by atoms with Gasteiger partial charge in [-0.15, -0.1) is 0 Å². The third-order valence-corrected chi connectivity index (χ3v) is 4.90. The molecule has 1 fully saturated rings. The van der Waals surface area contributed by atoms with Crippen LogP contribution in [0.25, 0.3) is 0 Å². The molecule has 0 radical (unpaired) electrons. The van der Waals surface area contributed by atoms with E-state index in [1.165, 1.54) is 22.5 Å². The number of hydrogen-bond donors (Lipinski definition) is 2. The van der Waals surface area contributed by atoms with Crippen LogP contribution in [0, 0.1) is 0 Å². The van der Waals surface area contributed by atoms with Crippen LogP contribution in [0.2, 0.25) is 5.02 Å². The summed E-state index contributed by atoms with van der Waals surface area (Å²) in [6.07, 6.45) is 2.53. The van der Waals surface area contributed by atoms with E-state index >= 15 is 0 Å². The molecule has 1 aliphatic heterocycles. The summed E-state index contributed by atoms with van der Waals surface area (Å²) in [4.78, 5) is 12.1. The van der Waals surface area contributed by atoms with Crippen molar-refractivity contribution in [3.63, 3.8) is 0 Å². The largest absolute Gasteiger partial charge is 0.507 e. The molecule has 1 unspecified atom stereocenters. The monoisotopic (exact) mass is 332 g/mol. The van der Waals surface area contributed by atoms with Gasteiger partial charge in [-0.1, -0.05) is 11.6 Å². The van der Waals surface area contributed by atoms with Crippen LogP contribution in [0.3, 0.4) is 0 Å². The van der Waals surface area contributed by atoms with Crippen LogP contribution in [0.15, 0.2) is 18.2 Å². The summed E-state index contributed by atoms with van der Waals surface area (Å²) in [6.45, 7) is 0.708. The number of carbonyl (C=O) groups excluding carboxylic acids is 1. The van der Waals surface area contributed by atoms with E-state index in [1.54, 1.807) is 0 Å². The summed E-state index contributed by atoms with van der Waals surface area (Å²) in [6, 6.07) is 3.93. The number of halogens is 1. The van der Waals surface area contributed by atoms with Crippen molar-refractivity contribution in [2.24, 2.45) is 0 Å². The average Bonchev–Trinajstić information content (AvgIpc) is 2.41. The molecule has 2 rings (SSSR count). The molecule has 1 amide bonds. The Morgan fingerprint density at radius 3 is 2.86 bits per heavy atom. The second-order valence-electron chi connectivity index (χ2n) is 5.10. The lowest BCUT2D eigenvalue weighted by Crippen LogP contribution is -2.49. The van der Waals surface area contributed by atoms with Gasteiger partial charge in [0.15, 0.2) is 0 Å². The number of amides is 1. The zero-order valence-corrected chi connectivity index (χ0v) is 13.1. The molecule has 116 valence electrons. The number of aromatic hydroxyl groups is 1. The molecule has 0 saturated carbocycles. The zero-order valence-electron chi connectivity index (χ0n) is 11.5. The number of piperidine rings is 1. The summed E-state index contributed by atoms with van der Waals surface area (Å²) in [5.41, 5.74) is 0.0824. The van der Waals surface area contributed by atoms with Gasteiger partial charge in [-0.25, -0.2) is 12.7 Å². The molecule has 1 saturated heterocycles. The smallest absolute Gasteiger partial charge is 0.255 e. The SMILES string of the molecule is CS(=O)(=O)N1CCCC(NC(=O)c2cc(Cl)ccc2O)C1. The highest BCUT2D eigenvalue weighted by molar-refractivity contribution is 7.88. The summed E-state index contributed by atoms with van der Waals surface area (Å²) in [5, 5.41) is 12.8. The molecule has 2 N–H and O–H groups in total. The van der Waals surface area contributed by atoms with Crippen LogP contribution >= 0.6 is 11.6 Å². The molecule has 6 nitrogen and oxygen atoms in total. The van der Waals surface area contributed by atoms with Crippen molar-refractivity contribution in [3.8, 4) is 5.75 Å². The van der Waals surface area contributed by atoms with Gasteiger partial charge in [0.05, 0.1) is 11.8 Å². The molecular weight excluding hydrogens is 316 g/mol. The molecule has 1 atom stereocenters. The van der Waals surface area contributed by atoms with E-state index in [4.69, 9.17) is 11.6 Å². The van der Waals surface area contributed by atoms with Crippen molar-refractivity contribution in [1.82, 2.24) is 9.62 Å². The minimum Gasteiger partial charge on any atom is -0.507 e. The molecule has 1 aliphatic rings. The molecule has 21 heavy (non-hydrogen) atoms. The molecule has 0 aromatic heterocycles. The van der Waals surface area contributed by atoms with Crippen molar-refractivity contribution < 1.29 is 18.3 Å². The number of nitrogens with zero attached hydrogens (tertiary/aromatic N) is 1. The summed E-state index contributed by atoms with van der Waals surface area (Å²) in [5.74, 6) is -0.622. The van der Waals surface area contributed by atoms with Gasteiger partial charge in [0.2, 0.25) is 10.0 Å². The number of sulfonamides is 1. The number of carbonyl (C=O) groups is 1. The molecule has 1 aromatic carbocycles. The number of nitrogens with one attached hydrogen (secondary N) is 1. The lowest BCUT2D eigenvalue weighted by atomic mass is 10.1. The maximum absolute atomic E-state index is 12.1. The first-order valence-corrected chi connectivity index (χ1v) is 8.74. The van der Waals surface area contributed by atoms with Crippen molar-refractivity contribution in [1.29, 1.82) is 0 Å². The minimum absolute atomic E-state index is 0.0824. The highest BCUT2D eigenvalue weighted by atomic mass is 35.5. The fourth-order valence-electron chi connectivity index (χ4n) is 2.31. The zero-order chi connectivity index (χ0) is 15.6. The number of hydrogen-bond acceptors (Lipinski definition) is 4. The predicted octanol–water partition coefficient (Wildman–Crippen LogP) is 1.20. The first-order valence-electron chi connectivity index (χ1n) is 6.52. The molecule has 0 spiro atoms. The van der Waals surface area contributed by atoms with Gasteiger partial charge in [0.25, 0.3) is 5.91 Å². The quantitative estimate of drug-likeness (QED) is 0.870. The van der Waals surface area contributed by atoms with Crippen molar-refractivity contribution in [2.75, 3.05) is 19.3 Å². The van der Waals surface area contributed by atoms with E-state index in [9.17, 15) is 18.3 Å². The third kappa shape index (κ3) is 4.09. The third-order valence-electron chi connectivity index (χ3n) is 3.39. The van der Waals surface area contributed by atoms with Crippen LogP contribution in [-0.4, -0.2) is 49.1 Å². The summed E-state index contributed by atoms with van der Waals surface area (Å²) in [7, 11) is -3.26. The highest BCUT2D eigenvalue weighted by Crippen LogP contribution is 2.22. The Morgan fingerprint density at radius 1 is 1.48 bits per heavy atom. The van der Waals surface area contributed by atoms with Gasteiger partial charge >= 0.3 is 0 Å². The maximum Gasteiger partial charge on any atom is 0.255 e. The summed E-state index contributed by atoms with van der Waals surface area (Å²) < 4.78 is 24.4. The molecule has 0 bridgehead atoms. The highest BCUT2D eigenvalue weighted by Gasteiger charge is 2.27. The van der Waals surface area contributed by atoms with Gasteiger partial charge < -0.3 is 10.4 Å². The normalized spacial score (nSPS) is 20.2. The van der Waals surface area contributed by atoms with Crippen LogP contribution in [0.5, 0.6) is 5.75 Å². The Balaban J connectivity index is 2.07. The van der Waals surface area contributed by atoms with E-state index in [0.717, 1.165) is 6.26 Å².